The summed E-state index contributed by atoms with van der Waals surface area (Å²) in [5.41, 5.74) is 1.20. The number of carbonyl (C=O) groups excluding carboxylic acids is 3. The Morgan fingerprint density at radius 1 is 1.00 bits per heavy atom. The van der Waals surface area contributed by atoms with Crippen molar-refractivity contribution in [1.29, 1.82) is 0 Å². The molecule has 1 aromatic heterocycles. The number of rotatable bonds is 6. The molecule has 0 radical (unpaired) electrons. The quantitative estimate of drug-likeness (QED) is 0.712. The maximum Gasteiger partial charge on any atom is 0.319 e. The summed E-state index contributed by atoms with van der Waals surface area (Å²) in [4.78, 5) is 37.7. The van der Waals surface area contributed by atoms with Crippen molar-refractivity contribution in [3.8, 4) is 0 Å². The normalized spacial score (nSPS) is 14.3. The Kier molecular flexibility index (Phi) is 6.67. The van der Waals surface area contributed by atoms with Crippen LogP contribution in [0.25, 0.3) is 0 Å². The summed E-state index contributed by atoms with van der Waals surface area (Å²) >= 11 is 0. The molecule has 8 nitrogen and oxygen atoms in total. The van der Waals surface area contributed by atoms with Crippen molar-refractivity contribution < 1.29 is 18.8 Å². The fourth-order valence-corrected chi connectivity index (χ4v) is 2.97. The SMILES string of the molecule is O=C(CN1CCCCCC1=O)Nc1ccc(NC(=O)NCc2ccco2)cc1. The number of hydrogen-bond acceptors (Lipinski definition) is 4. The van der Waals surface area contributed by atoms with Gasteiger partial charge in [0.05, 0.1) is 19.4 Å². The molecule has 0 atom stereocenters. The smallest absolute Gasteiger partial charge is 0.319 e. The number of likely N-dealkylation sites (tertiary alicyclic amines) is 1. The van der Waals surface area contributed by atoms with E-state index in [0.29, 0.717) is 36.6 Å². The average molecular weight is 384 g/mol. The van der Waals surface area contributed by atoms with Crippen LogP contribution in [0.3, 0.4) is 0 Å². The molecule has 2 heterocycles. The Bertz CT molecular complexity index is 802. The van der Waals surface area contributed by atoms with Crippen LogP contribution in [-0.2, 0) is 16.1 Å². The number of urea groups is 1. The standard InChI is InChI=1S/C20H24N4O4/c25-18(14-24-11-3-1-2-6-19(24)26)22-15-7-9-16(10-8-15)23-20(27)21-13-17-5-4-12-28-17/h4-5,7-10,12H,1-3,6,11,13-14H2,(H,22,25)(H2,21,23,27). The number of benzene rings is 1. The first kappa shape index (κ1) is 19.5. The van der Waals surface area contributed by atoms with Gasteiger partial charge in [0.1, 0.15) is 5.76 Å². The zero-order valence-electron chi connectivity index (χ0n) is 15.6. The summed E-state index contributed by atoms with van der Waals surface area (Å²) in [5, 5.41) is 8.17. The molecular formula is C20H24N4O4. The molecule has 0 saturated carbocycles. The number of nitrogens with one attached hydrogen (secondary N) is 3. The van der Waals surface area contributed by atoms with E-state index in [1.165, 1.54) is 0 Å². The van der Waals surface area contributed by atoms with E-state index < -0.39 is 0 Å². The van der Waals surface area contributed by atoms with Crippen molar-refractivity contribution in [2.24, 2.45) is 0 Å². The highest BCUT2D eigenvalue weighted by Crippen LogP contribution is 2.15. The van der Waals surface area contributed by atoms with Gasteiger partial charge in [-0.25, -0.2) is 4.79 Å². The molecule has 3 N–H and O–H groups in total. The highest BCUT2D eigenvalue weighted by atomic mass is 16.3. The van der Waals surface area contributed by atoms with Crippen LogP contribution in [0.5, 0.6) is 0 Å². The minimum atomic E-state index is -0.354. The van der Waals surface area contributed by atoms with E-state index >= 15 is 0 Å². The zero-order valence-corrected chi connectivity index (χ0v) is 15.6. The lowest BCUT2D eigenvalue weighted by Crippen LogP contribution is -2.37. The van der Waals surface area contributed by atoms with E-state index in [1.807, 2.05) is 0 Å². The second-order valence-corrected chi connectivity index (χ2v) is 6.64. The molecule has 0 unspecified atom stereocenters. The molecule has 8 heteroatoms. The Labute approximate surface area is 163 Å². The highest BCUT2D eigenvalue weighted by molar-refractivity contribution is 5.95. The first-order chi connectivity index (χ1) is 13.6. The van der Waals surface area contributed by atoms with Gasteiger partial charge in [-0.15, -0.1) is 0 Å². The van der Waals surface area contributed by atoms with E-state index in [0.717, 1.165) is 19.3 Å². The fraction of sp³-hybridized carbons (Fsp3) is 0.350. The first-order valence-corrected chi connectivity index (χ1v) is 9.35. The van der Waals surface area contributed by atoms with Gasteiger partial charge in [0.15, 0.2) is 0 Å². The van der Waals surface area contributed by atoms with Crippen molar-refractivity contribution in [3.63, 3.8) is 0 Å². The second kappa shape index (κ2) is 9.59. The van der Waals surface area contributed by atoms with E-state index in [4.69, 9.17) is 4.42 Å². The lowest BCUT2D eigenvalue weighted by molar-refractivity contribution is -0.134. The molecular weight excluding hydrogens is 360 g/mol. The first-order valence-electron chi connectivity index (χ1n) is 9.35. The third-order valence-corrected chi connectivity index (χ3v) is 4.44. The largest absolute Gasteiger partial charge is 0.467 e. The van der Waals surface area contributed by atoms with Crippen LogP contribution in [0.2, 0.25) is 0 Å². The van der Waals surface area contributed by atoms with Gasteiger partial charge in [-0.3, -0.25) is 9.59 Å². The summed E-state index contributed by atoms with van der Waals surface area (Å²) in [6.45, 7) is 0.985. The zero-order chi connectivity index (χ0) is 19.8. The van der Waals surface area contributed by atoms with E-state index in [1.54, 1.807) is 47.6 Å². The van der Waals surface area contributed by atoms with E-state index in [2.05, 4.69) is 16.0 Å². The summed E-state index contributed by atoms with van der Waals surface area (Å²) < 4.78 is 5.15. The van der Waals surface area contributed by atoms with Gasteiger partial charge in [-0.1, -0.05) is 6.42 Å². The molecule has 1 aliphatic rings. The lowest BCUT2D eigenvalue weighted by Gasteiger charge is -2.19. The number of hydrogen-bond donors (Lipinski definition) is 3. The summed E-state index contributed by atoms with van der Waals surface area (Å²) in [6, 6.07) is 9.96. The molecule has 1 saturated heterocycles. The predicted molar refractivity (Wildman–Crippen MR) is 105 cm³/mol. The van der Waals surface area contributed by atoms with Gasteiger partial charge in [-0.2, -0.15) is 0 Å². The van der Waals surface area contributed by atoms with Crippen molar-refractivity contribution >= 4 is 29.2 Å². The van der Waals surface area contributed by atoms with Gasteiger partial charge < -0.3 is 25.3 Å². The van der Waals surface area contributed by atoms with Crippen LogP contribution in [-0.4, -0.2) is 35.8 Å². The number of furan rings is 1. The number of carbonyl (C=O) groups is 3. The van der Waals surface area contributed by atoms with E-state index in [-0.39, 0.29) is 24.4 Å². The van der Waals surface area contributed by atoms with Crippen molar-refractivity contribution in [2.75, 3.05) is 23.7 Å². The van der Waals surface area contributed by atoms with Crippen molar-refractivity contribution in [3.05, 3.63) is 48.4 Å². The minimum absolute atomic E-state index is 0.0350. The average Bonchev–Trinajstić information content (AvgIpc) is 3.12. The number of nitrogens with zero attached hydrogens (tertiary/aromatic N) is 1. The molecule has 4 amide bonds. The number of amides is 4. The van der Waals surface area contributed by atoms with Gasteiger partial charge in [-0.05, 0) is 49.2 Å². The molecule has 1 aromatic carbocycles. The Hall–Kier alpha value is -3.29. The molecule has 3 rings (SSSR count). The predicted octanol–water partition coefficient (Wildman–Crippen LogP) is 2.94. The molecule has 0 aliphatic carbocycles. The van der Waals surface area contributed by atoms with Crippen LogP contribution >= 0.6 is 0 Å². The van der Waals surface area contributed by atoms with E-state index in [9.17, 15) is 14.4 Å². The maximum absolute atomic E-state index is 12.2. The molecule has 2 aromatic rings. The molecule has 0 spiro atoms. The third-order valence-electron chi connectivity index (χ3n) is 4.44. The summed E-state index contributed by atoms with van der Waals surface area (Å²) in [6.07, 6.45) is 4.90. The van der Waals surface area contributed by atoms with Crippen LogP contribution in [0.1, 0.15) is 31.4 Å². The van der Waals surface area contributed by atoms with Gasteiger partial charge in [0.2, 0.25) is 11.8 Å². The molecule has 148 valence electrons. The number of anilines is 2. The minimum Gasteiger partial charge on any atom is -0.467 e. The van der Waals surface area contributed by atoms with Crippen LogP contribution in [0, 0.1) is 0 Å². The Morgan fingerprint density at radius 2 is 1.75 bits per heavy atom. The molecule has 0 bridgehead atoms. The van der Waals surface area contributed by atoms with Gasteiger partial charge >= 0.3 is 6.03 Å². The second-order valence-electron chi connectivity index (χ2n) is 6.64. The van der Waals surface area contributed by atoms with Crippen LogP contribution in [0.4, 0.5) is 16.2 Å². The maximum atomic E-state index is 12.2. The lowest BCUT2D eigenvalue weighted by atomic mass is 10.2. The molecule has 1 fully saturated rings. The molecule has 28 heavy (non-hydrogen) atoms. The Morgan fingerprint density at radius 3 is 2.46 bits per heavy atom. The van der Waals surface area contributed by atoms with Crippen molar-refractivity contribution in [1.82, 2.24) is 10.2 Å². The summed E-state index contributed by atoms with van der Waals surface area (Å²) in [5.74, 6) is 0.469. The van der Waals surface area contributed by atoms with Gasteiger partial charge in [0, 0.05) is 24.3 Å². The fourth-order valence-electron chi connectivity index (χ4n) is 2.97. The van der Waals surface area contributed by atoms with Crippen LogP contribution < -0.4 is 16.0 Å². The summed E-state index contributed by atoms with van der Waals surface area (Å²) in [7, 11) is 0. The third kappa shape index (κ3) is 5.87. The van der Waals surface area contributed by atoms with Crippen LogP contribution in [0.15, 0.2) is 47.1 Å². The molecule has 1 aliphatic heterocycles. The van der Waals surface area contributed by atoms with Crippen molar-refractivity contribution in [2.45, 2.75) is 32.2 Å². The highest BCUT2D eigenvalue weighted by Gasteiger charge is 2.19. The van der Waals surface area contributed by atoms with Gasteiger partial charge in [0.25, 0.3) is 0 Å². The topological polar surface area (TPSA) is 104 Å². The Balaban J connectivity index is 1.45. The monoisotopic (exact) mass is 384 g/mol.